The van der Waals surface area contributed by atoms with E-state index in [9.17, 15) is 9.59 Å². The molecular weight excluding hydrogens is 362 g/mol. The molecule has 1 unspecified atom stereocenters. The molecular formula is C19H21N5O2S. The number of benzene rings is 1. The molecule has 1 aromatic carbocycles. The Labute approximate surface area is 160 Å². The maximum absolute atomic E-state index is 12.8. The number of piperidine rings is 1. The zero-order chi connectivity index (χ0) is 19.0. The summed E-state index contributed by atoms with van der Waals surface area (Å²) in [5.41, 5.74) is 3.38. The van der Waals surface area contributed by atoms with Gasteiger partial charge in [-0.25, -0.2) is 4.98 Å². The summed E-state index contributed by atoms with van der Waals surface area (Å²) in [5, 5.41) is 3.80. The maximum atomic E-state index is 12.8. The second kappa shape index (κ2) is 7.11. The molecule has 0 saturated carbocycles. The predicted octanol–water partition coefficient (Wildman–Crippen LogP) is 2.85. The number of carbonyl (C=O) groups is 1. The van der Waals surface area contributed by atoms with Gasteiger partial charge in [-0.05, 0) is 49.9 Å². The molecule has 0 spiro atoms. The van der Waals surface area contributed by atoms with Crippen LogP contribution in [0.1, 0.15) is 24.0 Å². The first-order valence-corrected chi connectivity index (χ1v) is 9.79. The SMILES string of the molecule is Cc1cc(C)cc(NC(=O)C2CCCN(c3nc4nc[nH]c(=O)c4s3)C2)c1. The van der Waals surface area contributed by atoms with E-state index in [2.05, 4.69) is 31.2 Å². The highest BCUT2D eigenvalue weighted by Crippen LogP contribution is 2.29. The minimum absolute atomic E-state index is 0.0294. The highest BCUT2D eigenvalue weighted by atomic mass is 32.1. The van der Waals surface area contributed by atoms with Crippen molar-refractivity contribution in [3.8, 4) is 0 Å². The number of aryl methyl sites for hydroxylation is 2. The van der Waals surface area contributed by atoms with Gasteiger partial charge in [0, 0.05) is 18.8 Å². The van der Waals surface area contributed by atoms with Crippen LogP contribution in [0.25, 0.3) is 10.3 Å². The van der Waals surface area contributed by atoms with Crippen LogP contribution in [0.2, 0.25) is 0 Å². The van der Waals surface area contributed by atoms with Gasteiger partial charge in [0.2, 0.25) is 5.91 Å². The van der Waals surface area contributed by atoms with E-state index in [4.69, 9.17) is 0 Å². The van der Waals surface area contributed by atoms with Gasteiger partial charge >= 0.3 is 0 Å². The molecule has 0 radical (unpaired) electrons. The molecule has 27 heavy (non-hydrogen) atoms. The van der Waals surface area contributed by atoms with E-state index in [0.717, 1.165) is 41.3 Å². The summed E-state index contributed by atoms with van der Waals surface area (Å²) in [6.45, 7) is 5.46. The second-order valence-electron chi connectivity index (χ2n) is 7.03. The van der Waals surface area contributed by atoms with Crippen molar-refractivity contribution in [3.05, 3.63) is 46.0 Å². The molecule has 1 aliphatic rings. The van der Waals surface area contributed by atoms with Crippen LogP contribution in [0.15, 0.2) is 29.3 Å². The molecule has 140 valence electrons. The fourth-order valence-electron chi connectivity index (χ4n) is 3.55. The Bertz CT molecular complexity index is 1040. The Morgan fingerprint density at radius 3 is 2.81 bits per heavy atom. The van der Waals surface area contributed by atoms with Gasteiger partial charge in [-0.2, -0.15) is 4.98 Å². The molecule has 0 bridgehead atoms. The van der Waals surface area contributed by atoms with Gasteiger partial charge < -0.3 is 15.2 Å². The third kappa shape index (κ3) is 3.71. The molecule has 0 aliphatic carbocycles. The highest BCUT2D eigenvalue weighted by Gasteiger charge is 2.28. The third-order valence-corrected chi connectivity index (χ3v) is 5.84. The number of H-pyrrole nitrogens is 1. The summed E-state index contributed by atoms with van der Waals surface area (Å²) in [7, 11) is 0. The molecule has 1 amide bonds. The molecule has 2 N–H and O–H groups in total. The summed E-state index contributed by atoms with van der Waals surface area (Å²) in [6, 6.07) is 6.05. The van der Waals surface area contributed by atoms with E-state index in [1.807, 2.05) is 26.0 Å². The minimum atomic E-state index is -0.176. The Morgan fingerprint density at radius 2 is 2.07 bits per heavy atom. The van der Waals surface area contributed by atoms with Crippen LogP contribution in [0.5, 0.6) is 0 Å². The zero-order valence-corrected chi connectivity index (χ0v) is 16.1. The topological polar surface area (TPSA) is 91.0 Å². The number of nitrogens with one attached hydrogen (secondary N) is 2. The van der Waals surface area contributed by atoms with E-state index >= 15 is 0 Å². The Hall–Kier alpha value is -2.74. The minimum Gasteiger partial charge on any atom is -0.347 e. The van der Waals surface area contributed by atoms with Crippen molar-refractivity contribution in [3.63, 3.8) is 0 Å². The van der Waals surface area contributed by atoms with Gasteiger partial charge in [-0.3, -0.25) is 9.59 Å². The maximum Gasteiger partial charge on any atom is 0.270 e. The molecule has 3 heterocycles. The van der Waals surface area contributed by atoms with Crippen molar-refractivity contribution in [1.82, 2.24) is 15.0 Å². The largest absolute Gasteiger partial charge is 0.347 e. The number of thiazole rings is 1. The number of anilines is 2. The first kappa shape index (κ1) is 17.7. The lowest BCUT2D eigenvalue weighted by atomic mass is 9.97. The summed E-state index contributed by atoms with van der Waals surface area (Å²) >= 11 is 1.33. The van der Waals surface area contributed by atoms with E-state index < -0.39 is 0 Å². The molecule has 8 heteroatoms. The summed E-state index contributed by atoms with van der Waals surface area (Å²) in [4.78, 5) is 37.9. The average Bonchev–Trinajstić information content (AvgIpc) is 3.07. The van der Waals surface area contributed by atoms with E-state index in [1.54, 1.807) is 0 Å². The monoisotopic (exact) mass is 383 g/mol. The van der Waals surface area contributed by atoms with Gasteiger partial charge in [0.05, 0.1) is 12.2 Å². The van der Waals surface area contributed by atoms with Crippen LogP contribution >= 0.6 is 11.3 Å². The van der Waals surface area contributed by atoms with Gasteiger partial charge in [0.15, 0.2) is 10.8 Å². The zero-order valence-electron chi connectivity index (χ0n) is 15.3. The number of hydrogen-bond acceptors (Lipinski definition) is 6. The lowest BCUT2D eigenvalue weighted by Crippen LogP contribution is -2.40. The molecule has 1 saturated heterocycles. The molecule has 4 rings (SSSR count). The Balaban J connectivity index is 1.50. The van der Waals surface area contributed by atoms with Crippen molar-refractivity contribution in [2.24, 2.45) is 5.92 Å². The molecule has 1 aliphatic heterocycles. The lowest BCUT2D eigenvalue weighted by molar-refractivity contribution is -0.120. The van der Waals surface area contributed by atoms with Crippen molar-refractivity contribution >= 4 is 38.4 Å². The summed E-state index contributed by atoms with van der Waals surface area (Å²) in [6.07, 6.45) is 3.12. The first-order chi connectivity index (χ1) is 13.0. The quantitative estimate of drug-likeness (QED) is 0.726. The predicted molar refractivity (Wildman–Crippen MR) is 108 cm³/mol. The van der Waals surface area contributed by atoms with Gasteiger partial charge in [0.25, 0.3) is 5.56 Å². The number of amides is 1. The first-order valence-electron chi connectivity index (χ1n) is 8.98. The van der Waals surface area contributed by atoms with Crippen molar-refractivity contribution in [2.75, 3.05) is 23.3 Å². The van der Waals surface area contributed by atoms with E-state index in [1.165, 1.54) is 17.7 Å². The van der Waals surface area contributed by atoms with Crippen LogP contribution in [-0.4, -0.2) is 33.9 Å². The molecule has 7 nitrogen and oxygen atoms in total. The van der Waals surface area contributed by atoms with Gasteiger partial charge in [-0.1, -0.05) is 17.4 Å². The second-order valence-corrected chi connectivity index (χ2v) is 8.01. The van der Waals surface area contributed by atoms with E-state index in [-0.39, 0.29) is 17.4 Å². The molecule has 1 fully saturated rings. The van der Waals surface area contributed by atoms with Crippen molar-refractivity contribution in [2.45, 2.75) is 26.7 Å². The van der Waals surface area contributed by atoms with Gasteiger partial charge in [-0.15, -0.1) is 0 Å². The number of fused-ring (bicyclic) bond motifs is 1. The van der Waals surface area contributed by atoms with Crippen LogP contribution in [0, 0.1) is 19.8 Å². The lowest BCUT2D eigenvalue weighted by Gasteiger charge is -2.31. The highest BCUT2D eigenvalue weighted by molar-refractivity contribution is 7.22. The number of aromatic amines is 1. The molecule has 1 atom stereocenters. The number of nitrogens with zero attached hydrogens (tertiary/aromatic N) is 3. The third-order valence-electron chi connectivity index (χ3n) is 4.74. The Kier molecular flexibility index (Phi) is 4.65. The van der Waals surface area contributed by atoms with E-state index in [0.29, 0.717) is 16.9 Å². The van der Waals surface area contributed by atoms with Crippen molar-refractivity contribution < 1.29 is 4.79 Å². The number of aromatic nitrogens is 3. The standard InChI is InChI=1S/C19H21N5O2S/c1-11-6-12(2)8-14(7-11)22-17(25)13-4-3-5-24(9-13)19-23-16-15(27-19)18(26)21-10-20-16/h6-8,10,13H,3-5,9H2,1-2H3,(H,22,25)(H,20,21,26). The van der Waals surface area contributed by atoms with Crippen molar-refractivity contribution in [1.29, 1.82) is 0 Å². The summed E-state index contributed by atoms with van der Waals surface area (Å²) in [5.74, 6) is -0.0837. The molecule has 3 aromatic rings. The number of hydrogen-bond donors (Lipinski definition) is 2. The van der Waals surface area contributed by atoms with Gasteiger partial charge in [0.1, 0.15) is 4.70 Å². The fourth-order valence-corrected chi connectivity index (χ4v) is 4.50. The fraction of sp³-hybridized carbons (Fsp3) is 0.368. The van der Waals surface area contributed by atoms with Crippen LogP contribution in [-0.2, 0) is 4.79 Å². The average molecular weight is 383 g/mol. The normalized spacial score (nSPS) is 17.3. The smallest absolute Gasteiger partial charge is 0.270 e. The van der Waals surface area contributed by atoms with Crippen LogP contribution in [0.3, 0.4) is 0 Å². The summed E-state index contributed by atoms with van der Waals surface area (Å²) < 4.78 is 0.523. The van der Waals surface area contributed by atoms with Crippen LogP contribution < -0.4 is 15.8 Å². The number of carbonyl (C=O) groups excluding carboxylic acids is 1. The molecule has 2 aromatic heterocycles. The Morgan fingerprint density at radius 1 is 1.30 bits per heavy atom. The number of rotatable bonds is 3. The van der Waals surface area contributed by atoms with Crippen LogP contribution in [0.4, 0.5) is 10.8 Å².